The van der Waals surface area contributed by atoms with E-state index in [-0.39, 0.29) is 25.4 Å². The molecule has 0 bridgehead atoms. The lowest BCUT2D eigenvalue weighted by Crippen LogP contribution is -2.30. The highest BCUT2D eigenvalue weighted by Gasteiger charge is 2.28. The molecule has 1 aromatic carbocycles. The zero-order chi connectivity index (χ0) is 13.1. The third kappa shape index (κ3) is 2.48. The first-order chi connectivity index (χ1) is 8.58. The number of urea groups is 1. The molecule has 1 aliphatic rings. The summed E-state index contributed by atoms with van der Waals surface area (Å²) in [6, 6.07) is 6.44. The Morgan fingerprint density at radius 3 is 2.50 bits per heavy atom. The van der Waals surface area contributed by atoms with E-state index in [2.05, 4.69) is 5.32 Å². The Hall–Kier alpha value is -2.37. The van der Waals surface area contributed by atoms with Crippen LogP contribution in [0, 0.1) is 0 Å². The molecular formula is C12H12N2O4. The van der Waals surface area contributed by atoms with E-state index in [0.717, 1.165) is 4.90 Å². The van der Waals surface area contributed by atoms with Crippen LogP contribution in [0.1, 0.15) is 11.1 Å². The van der Waals surface area contributed by atoms with Crippen molar-refractivity contribution in [2.75, 3.05) is 6.54 Å². The van der Waals surface area contributed by atoms with E-state index in [1.54, 1.807) is 24.3 Å². The molecule has 1 saturated heterocycles. The first-order valence-corrected chi connectivity index (χ1v) is 5.44. The second kappa shape index (κ2) is 4.87. The standard InChI is InChI=1S/C12H12N2O4/c15-10-6-13-12(18)14(10)7-9-4-2-1-3-8(9)5-11(16)17/h1-4H,5-7H2,(H,13,18)(H,16,17). The average molecular weight is 248 g/mol. The van der Waals surface area contributed by atoms with Gasteiger partial charge in [-0.05, 0) is 11.1 Å². The van der Waals surface area contributed by atoms with Gasteiger partial charge in [-0.3, -0.25) is 14.5 Å². The topological polar surface area (TPSA) is 86.7 Å². The molecule has 94 valence electrons. The van der Waals surface area contributed by atoms with Crippen LogP contribution in [0.5, 0.6) is 0 Å². The summed E-state index contributed by atoms with van der Waals surface area (Å²) in [5.74, 6) is -1.25. The molecule has 1 aromatic rings. The van der Waals surface area contributed by atoms with Crippen LogP contribution in [0.3, 0.4) is 0 Å². The first kappa shape index (κ1) is 12.1. The first-order valence-electron chi connectivity index (χ1n) is 5.44. The Labute approximate surface area is 103 Å². The van der Waals surface area contributed by atoms with Crippen LogP contribution in [-0.2, 0) is 22.6 Å². The SMILES string of the molecule is O=C(O)Cc1ccccc1CN1C(=O)CNC1=O. The summed E-state index contributed by atoms with van der Waals surface area (Å²) in [6.07, 6.45) is -0.125. The maximum absolute atomic E-state index is 11.4. The number of hydrogen-bond acceptors (Lipinski definition) is 3. The zero-order valence-electron chi connectivity index (χ0n) is 9.55. The fourth-order valence-electron chi connectivity index (χ4n) is 1.83. The summed E-state index contributed by atoms with van der Waals surface area (Å²) in [4.78, 5) is 34.7. The molecule has 3 amide bonds. The van der Waals surface area contributed by atoms with Gasteiger partial charge in [0.25, 0.3) is 0 Å². The number of carboxylic acid groups (broad SMARTS) is 1. The molecule has 6 heteroatoms. The molecule has 18 heavy (non-hydrogen) atoms. The van der Waals surface area contributed by atoms with Gasteiger partial charge in [-0.15, -0.1) is 0 Å². The number of rotatable bonds is 4. The van der Waals surface area contributed by atoms with Crippen LogP contribution >= 0.6 is 0 Å². The molecule has 0 spiro atoms. The minimum Gasteiger partial charge on any atom is -0.481 e. The van der Waals surface area contributed by atoms with E-state index in [4.69, 9.17) is 5.11 Å². The van der Waals surface area contributed by atoms with Crippen LogP contribution in [0.4, 0.5) is 4.79 Å². The normalized spacial score (nSPS) is 14.8. The van der Waals surface area contributed by atoms with Crippen molar-refractivity contribution in [1.82, 2.24) is 10.2 Å². The van der Waals surface area contributed by atoms with E-state index in [0.29, 0.717) is 11.1 Å². The van der Waals surface area contributed by atoms with Crippen LogP contribution < -0.4 is 5.32 Å². The van der Waals surface area contributed by atoms with Crippen LogP contribution in [-0.4, -0.2) is 34.5 Å². The van der Waals surface area contributed by atoms with Gasteiger partial charge in [0.05, 0.1) is 19.5 Å². The number of imide groups is 1. The summed E-state index contributed by atoms with van der Waals surface area (Å²) in [5.41, 5.74) is 1.28. The Balaban J connectivity index is 2.20. The van der Waals surface area contributed by atoms with Gasteiger partial charge in [-0.25, -0.2) is 4.79 Å². The molecule has 0 aromatic heterocycles. The van der Waals surface area contributed by atoms with Crippen molar-refractivity contribution in [2.45, 2.75) is 13.0 Å². The highest BCUT2D eigenvalue weighted by Crippen LogP contribution is 2.14. The van der Waals surface area contributed by atoms with Crippen LogP contribution in [0.2, 0.25) is 0 Å². The molecule has 1 fully saturated rings. The minimum atomic E-state index is -0.945. The summed E-state index contributed by atoms with van der Waals surface area (Å²) in [6.45, 7) is 0.105. The lowest BCUT2D eigenvalue weighted by molar-refractivity contribution is -0.136. The van der Waals surface area contributed by atoms with Crippen molar-refractivity contribution in [2.24, 2.45) is 0 Å². The van der Waals surface area contributed by atoms with Crippen LogP contribution in [0.15, 0.2) is 24.3 Å². The summed E-state index contributed by atoms with van der Waals surface area (Å²) in [5, 5.41) is 11.2. The smallest absolute Gasteiger partial charge is 0.324 e. The quantitative estimate of drug-likeness (QED) is 0.753. The number of nitrogens with one attached hydrogen (secondary N) is 1. The molecule has 1 aliphatic heterocycles. The second-order valence-corrected chi connectivity index (χ2v) is 3.98. The number of benzene rings is 1. The van der Waals surface area contributed by atoms with Gasteiger partial charge in [0, 0.05) is 0 Å². The molecule has 0 atom stereocenters. The predicted octanol–water partition coefficient (Wildman–Crippen LogP) is 0.366. The van der Waals surface area contributed by atoms with Gasteiger partial charge >= 0.3 is 12.0 Å². The number of aliphatic carboxylic acids is 1. The fraction of sp³-hybridized carbons (Fsp3) is 0.250. The van der Waals surface area contributed by atoms with Gasteiger partial charge in [-0.1, -0.05) is 24.3 Å². The van der Waals surface area contributed by atoms with Crippen molar-refractivity contribution in [1.29, 1.82) is 0 Å². The lowest BCUT2D eigenvalue weighted by Gasteiger charge is -2.14. The minimum absolute atomic E-state index is 0.0000687. The number of amides is 3. The van der Waals surface area contributed by atoms with Gasteiger partial charge in [-0.2, -0.15) is 0 Å². The third-order valence-corrected chi connectivity index (χ3v) is 2.73. The number of carbonyl (C=O) groups is 3. The molecule has 0 saturated carbocycles. The monoisotopic (exact) mass is 248 g/mol. The van der Waals surface area contributed by atoms with Gasteiger partial charge in [0.1, 0.15) is 0 Å². The van der Waals surface area contributed by atoms with Crippen molar-refractivity contribution >= 4 is 17.9 Å². The molecular weight excluding hydrogens is 236 g/mol. The second-order valence-electron chi connectivity index (χ2n) is 3.98. The number of nitrogens with zero attached hydrogens (tertiary/aromatic N) is 1. The maximum atomic E-state index is 11.4. The van der Waals surface area contributed by atoms with Gasteiger partial charge < -0.3 is 10.4 Å². The van der Waals surface area contributed by atoms with Gasteiger partial charge in [0.15, 0.2) is 0 Å². The van der Waals surface area contributed by atoms with Crippen molar-refractivity contribution in [3.63, 3.8) is 0 Å². The van der Waals surface area contributed by atoms with Crippen molar-refractivity contribution in [3.05, 3.63) is 35.4 Å². The molecule has 2 rings (SSSR count). The average Bonchev–Trinajstić information content (AvgIpc) is 2.62. The maximum Gasteiger partial charge on any atom is 0.324 e. The third-order valence-electron chi connectivity index (χ3n) is 2.73. The largest absolute Gasteiger partial charge is 0.481 e. The predicted molar refractivity (Wildman–Crippen MR) is 61.7 cm³/mol. The molecule has 0 unspecified atom stereocenters. The summed E-state index contributed by atoms with van der Waals surface area (Å²) < 4.78 is 0. The fourth-order valence-corrected chi connectivity index (χ4v) is 1.83. The van der Waals surface area contributed by atoms with Gasteiger partial charge in [0.2, 0.25) is 5.91 Å². The van der Waals surface area contributed by atoms with Crippen molar-refractivity contribution < 1.29 is 19.5 Å². The molecule has 2 N–H and O–H groups in total. The molecule has 1 heterocycles. The van der Waals surface area contributed by atoms with Crippen molar-refractivity contribution in [3.8, 4) is 0 Å². The number of carboxylic acids is 1. The highest BCUT2D eigenvalue weighted by atomic mass is 16.4. The van der Waals surface area contributed by atoms with E-state index >= 15 is 0 Å². The van der Waals surface area contributed by atoms with E-state index < -0.39 is 12.0 Å². The lowest BCUT2D eigenvalue weighted by atomic mass is 10.0. The van der Waals surface area contributed by atoms with E-state index in [1.807, 2.05) is 0 Å². The Kier molecular flexibility index (Phi) is 3.27. The van der Waals surface area contributed by atoms with E-state index in [1.165, 1.54) is 0 Å². The highest BCUT2D eigenvalue weighted by molar-refractivity contribution is 6.01. The van der Waals surface area contributed by atoms with E-state index in [9.17, 15) is 14.4 Å². The number of carbonyl (C=O) groups excluding carboxylic acids is 2. The number of hydrogen-bond donors (Lipinski definition) is 2. The molecule has 0 aliphatic carbocycles. The molecule has 6 nitrogen and oxygen atoms in total. The Bertz CT molecular complexity index is 497. The Morgan fingerprint density at radius 2 is 1.94 bits per heavy atom. The Morgan fingerprint density at radius 1 is 1.28 bits per heavy atom. The zero-order valence-corrected chi connectivity index (χ0v) is 9.55. The summed E-state index contributed by atoms with van der Waals surface area (Å²) in [7, 11) is 0. The molecule has 0 radical (unpaired) electrons. The summed E-state index contributed by atoms with van der Waals surface area (Å²) >= 11 is 0. The van der Waals surface area contributed by atoms with Crippen LogP contribution in [0.25, 0.3) is 0 Å².